The zero-order valence-corrected chi connectivity index (χ0v) is 11.3. The molecule has 1 aromatic heterocycles. The number of benzene rings is 1. The summed E-state index contributed by atoms with van der Waals surface area (Å²) in [6.07, 6.45) is 0.960. The molecule has 0 aliphatic rings. The van der Waals surface area contributed by atoms with Crippen LogP contribution in [0.15, 0.2) is 52.9 Å². The van der Waals surface area contributed by atoms with E-state index in [1.807, 2.05) is 47.8 Å². The third-order valence-electron chi connectivity index (χ3n) is 2.49. The van der Waals surface area contributed by atoms with Crippen LogP contribution in [-0.4, -0.2) is 19.2 Å². The van der Waals surface area contributed by atoms with Gasteiger partial charge in [-0.3, -0.25) is 4.79 Å². The van der Waals surface area contributed by atoms with E-state index in [4.69, 9.17) is 4.74 Å². The van der Waals surface area contributed by atoms with E-state index in [0.717, 1.165) is 10.4 Å². The molecule has 5 heteroatoms. The second-order valence-corrected chi connectivity index (χ2v) is 4.76. The van der Waals surface area contributed by atoms with Crippen molar-refractivity contribution in [2.75, 3.05) is 7.11 Å². The van der Waals surface area contributed by atoms with Crippen molar-refractivity contribution in [2.24, 2.45) is 5.10 Å². The average molecular weight is 274 g/mol. The van der Waals surface area contributed by atoms with Crippen molar-refractivity contribution < 1.29 is 9.53 Å². The molecule has 1 aromatic carbocycles. The highest BCUT2D eigenvalue weighted by molar-refractivity contribution is 7.11. The van der Waals surface area contributed by atoms with Gasteiger partial charge < -0.3 is 4.74 Å². The normalized spacial score (nSPS) is 12.5. The summed E-state index contributed by atoms with van der Waals surface area (Å²) in [5, 5.41) is 5.86. The number of amides is 1. The molecule has 1 heterocycles. The standard InChI is InChI=1S/C14H14N2O2S/c1-18-13(11-6-3-2-4-7-11)14(17)16-15-10-12-8-5-9-19-12/h2-10,13H,1H3,(H,16,17)/b15-10+. The summed E-state index contributed by atoms with van der Waals surface area (Å²) >= 11 is 1.55. The van der Waals surface area contributed by atoms with Gasteiger partial charge in [0.15, 0.2) is 6.10 Å². The maximum Gasteiger partial charge on any atom is 0.273 e. The van der Waals surface area contributed by atoms with E-state index in [1.165, 1.54) is 7.11 Å². The van der Waals surface area contributed by atoms with Gasteiger partial charge in [0, 0.05) is 12.0 Å². The fourth-order valence-corrected chi connectivity index (χ4v) is 2.19. The Hall–Kier alpha value is -1.98. The summed E-state index contributed by atoms with van der Waals surface area (Å²) in [7, 11) is 1.50. The number of nitrogens with zero attached hydrogens (tertiary/aromatic N) is 1. The van der Waals surface area contributed by atoms with Crippen LogP contribution < -0.4 is 5.43 Å². The molecule has 0 spiro atoms. The molecule has 4 nitrogen and oxygen atoms in total. The number of hydrogen-bond acceptors (Lipinski definition) is 4. The summed E-state index contributed by atoms with van der Waals surface area (Å²) in [4.78, 5) is 12.9. The van der Waals surface area contributed by atoms with Crippen molar-refractivity contribution in [2.45, 2.75) is 6.10 Å². The highest BCUT2D eigenvalue weighted by Gasteiger charge is 2.18. The Morgan fingerprint density at radius 3 is 2.74 bits per heavy atom. The molecular weight excluding hydrogens is 260 g/mol. The monoisotopic (exact) mass is 274 g/mol. The molecule has 98 valence electrons. The van der Waals surface area contributed by atoms with Crippen LogP contribution in [0.3, 0.4) is 0 Å². The molecule has 0 fully saturated rings. The van der Waals surface area contributed by atoms with E-state index in [-0.39, 0.29) is 5.91 Å². The Bertz CT molecular complexity index is 538. The number of thiophene rings is 1. The Morgan fingerprint density at radius 1 is 1.32 bits per heavy atom. The van der Waals surface area contributed by atoms with E-state index < -0.39 is 6.10 Å². The SMILES string of the molecule is COC(C(=O)N/N=C/c1cccs1)c1ccccc1. The molecule has 1 atom stereocenters. The van der Waals surface area contributed by atoms with Crippen LogP contribution in [0.4, 0.5) is 0 Å². The molecule has 0 saturated carbocycles. The Kier molecular flexibility index (Phi) is 4.83. The maximum atomic E-state index is 12.0. The minimum Gasteiger partial charge on any atom is -0.367 e. The third kappa shape index (κ3) is 3.74. The van der Waals surface area contributed by atoms with Crippen molar-refractivity contribution in [3.05, 3.63) is 58.3 Å². The lowest BCUT2D eigenvalue weighted by atomic mass is 10.1. The molecule has 0 aliphatic carbocycles. The quantitative estimate of drug-likeness (QED) is 0.673. The summed E-state index contributed by atoms with van der Waals surface area (Å²) in [5.74, 6) is -0.290. The predicted octanol–water partition coefficient (Wildman–Crippen LogP) is 2.59. The first kappa shape index (κ1) is 13.5. The molecule has 2 rings (SSSR count). The van der Waals surface area contributed by atoms with Crippen LogP contribution in [-0.2, 0) is 9.53 Å². The summed E-state index contributed by atoms with van der Waals surface area (Å²) in [5.41, 5.74) is 3.28. The van der Waals surface area contributed by atoms with Gasteiger partial charge >= 0.3 is 0 Å². The summed E-state index contributed by atoms with van der Waals surface area (Å²) in [6.45, 7) is 0. The van der Waals surface area contributed by atoms with E-state index >= 15 is 0 Å². The number of carbonyl (C=O) groups is 1. The molecule has 2 aromatic rings. The molecule has 1 unspecified atom stereocenters. The van der Waals surface area contributed by atoms with Gasteiger partial charge in [-0.15, -0.1) is 11.3 Å². The van der Waals surface area contributed by atoms with Gasteiger partial charge in [0.05, 0.1) is 6.21 Å². The van der Waals surface area contributed by atoms with Crippen LogP contribution in [0, 0.1) is 0 Å². The Labute approximate surface area is 115 Å². The highest BCUT2D eigenvalue weighted by Crippen LogP contribution is 2.16. The van der Waals surface area contributed by atoms with Crippen molar-refractivity contribution >= 4 is 23.5 Å². The van der Waals surface area contributed by atoms with Crippen LogP contribution in [0.2, 0.25) is 0 Å². The van der Waals surface area contributed by atoms with Gasteiger partial charge in [-0.1, -0.05) is 36.4 Å². The van der Waals surface area contributed by atoms with Crippen molar-refractivity contribution in [3.8, 4) is 0 Å². The second kappa shape index (κ2) is 6.82. The maximum absolute atomic E-state index is 12.0. The average Bonchev–Trinajstić information content (AvgIpc) is 2.94. The topological polar surface area (TPSA) is 50.7 Å². The molecule has 19 heavy (non-hydrogen) atoms. The van der Waals surface area contributed by atoms with E-state index in [0.29, 0.717) is 0 Å². The van der Waals surface area contributed by atoms with Gasteiger partial charge in [-0.05, 0) is 17.0 Å². The first-order valence-electron chi connectivity index (χ1n) is 5.75. The van der Waals surface area contributed by atoms with Crippen LogP contribution >= 0.6 is 11.3 Å². The fraction of sp³-hybridized carbons (Fsp3) is 0.143. The lowest BCUT2D eigenvalue weighted by molar-refractivity contribution is -0.131. The van der Waals surface area contributed by atoms with Crippen molar-refractivity contribution in [1.82, 2.24) is 5.43 Å². The minimum atomic E-state index is -0.651. The molecule has 1 amide bonds. The van der Waals surface area contributed by atoms with Crippen LogP contribution in [0.25, 0.3) is 0 Å². The molecule has 0 radical (unpaired) electrons. The van der Waals surface area contributed by atoms with Crippen LogP contribution in [0.5, 0.6) is 0 Å². The zero-order valence-electron chi connectivity index (χ0n) is 10.4. The predicted molar refractivity (Wildman–Crippen MR) is 76.2 cm³/mol. The molecule has 0 bridgehead atoms. The number of ether oxygens (including phenoxy) is 1. The number of hydrogen-bond donors (Lipinski definition) is 1. The molecule has 0 saturated heterocycles. The molecule has 1 N–H and O–H groups in total. The third-order valence-corrected chi connectivity index (χ3v) is 3.29. The van der Waals surface area contributed by atoms with Gasteiger partial charge in [0.1, 0.15) is 0 Å². The zero-order chi connectivity index (χ0) is 13.5. The number of rotatable bonds is 5. The van der Waals surface area contributed by atoms with E-state index in [1.54, 1.807) is 17.6 Å². The summed E-state index contributed by atoms with van der Waals surface area (Å²) < 4.78 is 5.20. The van der Waals surface area contributed by atoms with Crippen LogP contribution in [0.1, 0.15) is 16.5 Å². The second-order valence-electron chi connectivity index (χ2n) is 3.78. The Balaban J connectivity index is 1.98. The van der Waals surface area contributed by atoms with Crippen molar-refractivity contribution in [3.63, 3.8) is 0 Å². The first-order chi connectivity index (χ1) is 9.31. The number of methoxy groups -OCH3 is 1. The van der Waals surface area contributed by atoms with Gasteiger partial charge in [0.25, 0.3) is 5.91 Å². The van der Waals surface area contributed by atoms with E-state index in [2.05, 4.69) is 10.5 Å². The lowest BCUT2D eigenvalue weighted by Crippen LogP contribution is -2.26. The minimum absolute atomic E-state index is 0.290. The smallest absolute Gasteiger partial charge is 0.273 e. The largest absolute Gasteiger partial charge is 0.367 e. The van der Waals surface area contributed by atoms with Gasteiger partial charge in [-0.25, -0.2) is 5.43 Å². The highest BCUT2D eigenvalue weighted by atomic mass is 32.1. The number of nitrogens with one attached hydrogen (secondary N) is 1. The van der Waals surface area contributed by atoms with Gasteiger partial charge in [0.2, 0.25) is 0 Å². The van der Waals surface area contributed by atoms with Crippen molar-refractivity contribution in [1.29, 1.82) is 0 Å². The lowest BCUT2D eigenvalue weighted by Gasteiger charge is -2.13. The molecular formula is C14H14N2O2S. The number of carbonyl (C=O) groups excluding carboxylic acids is 1. The number of hydrazone groups is 1. The Morgan fingerprint density at radius 2 is 2.11 bits per heavy atom. The first-order valence-corrected chi connectivity index (χ1v) is 6.63. The molecule has 0 aliphatic heterocycles. The summed E-state index contributed by atoms with van der Waals surface area (Å²) in [6, 6.07) is 13.2. The fourth-order valence-electron chi connectivity index (χ4n) is 1.61. The van der Waals surface area contributed by atoms with E-state index in [9.17, 15) is 4.79 Å². The van der Waals surface area contributed by atoms with Gasteiger partial charge in [-0.2, -0.15) is 5.10 Å².